The molecule has 0 radical (unpaired) electrons. The quantitative estimate of drug-likeness (QED) is 0.301. The molecule has 0 saturated heterocycles. The van der Waals surface area contributed by atoms with Gasteiger partial charge in [0.15, 0.2) is 0 Å². The van der Waals surface area contributed by atoms with Crippen LogP contribution in [0.4, 0.5) is 5.69 Å². The van der Waals surface area contributed by atoms with Crippen molar-refractivity contribution in [1.29, 1.82) is 0 Å². The van der Waals surface area contributed by atoms with Gasteiger partial charge >= 0.3 is 5.97 Å². The summed E-state index contributed by atoms with van der Waals surface area (Å²) < 4.78 is 12.1. The summed E-state index contributed by atoms with van der Waals surface area (Å²) in [4.78, 5) is 25.4. The normalized spacial score (nSPS) is 10.6. The maximum Gasteiger partial charge on any atom is 0.339 e. The van der Waals surface area contributed by atoms with E-state index in [9.17, 15) is 14.7 Å². The first-order chi connectivity index (χ1) is 14.3. The maximum absolute atomic E-state index is 12.9. The number of methoxy groups -OCH3 is 2. The van der Waals surface area contributed by atoms with Crippen molar-refractivity contribution in [1.82, 2.24) is 0 Å². The zero-order valence-electron chi connectivity index (χ0n) is 15.6. The third kappa shape index (κ3) is 4.41. The van der Waals surface area contributed by atoms with Crippen LogP contribution in [0.3, 0.4) is 0 Å². The summed E-state index contributed by atoms with van der Waals surface area (Å²) in [5, 5.41) is 14.1. The van der Waals surface area contributed by atoms with Crippen LogP contribution in [0.1, 0.15) is 20.7 Å². The fraction of sp³-hybridized carbons (Fsp3) is 0.100. The molecule has 0 spiro atoms. The van der Waals surface area contributed by atoms with Crippen LogP contribution in [-0.4, -0.2) is 31.2 Å². The number of nitrogens with one attached hydrogen (secondary N) is 1. The highest BCUT2D eigenvalue weighted by Gasteiger charge is 2.24. The largest absolute Gasteiger partial charge is 0.497 e. The standard InChI is InChI=1S/C20H14Br3NO5S/c1-28-10-5-3-4-9(6-10)18-14(20(26)27)13(8-30-18)24-19(25)11-7-12(21)17(29-2)16(23)15(11)22/h3-8H,1-2H3,(H,24,25)(H,26,27). The summed E-state index contributed by atoms with van der Waals surface area (Å²) in [5.74, 6) is -0.468. The van der Waals surface area contributed by atoms with E-state index in [1.807, 2.05) is 0 Å². The number of carboxylic acids is 1. The first-order valence-corrected chi connectivity index (χ1v) is 11.6. The number of halogens is 3. The monoisotopic (exact) mass is 617 g/mol. The van der Waals surface area contributed by atoms with Crippen molar-refractivity contribution in [2.75, 3.05) is 19.5 Å². The van der Waals surface area contributed by atoms with Crippen LogP contribution >= 0.6 is 59.1 Å². The second-order valence-corrected chi connectivity index (χ2v) is 9.23. The minimum Gasteiger partial charge on any atom is -0.497 e. The van der Waals surface area contributed by atoms with Crippen molar-refractivity contribution in [3.8, 4) is 21.9 Å². The second-order valence-electron chi connectivity index (χ2n) is 5.91. The zero-order chi connectivity index (χ0) is 22.0. The summed E-state index contributed by atoms with van der Waals surface area (Å²) in [5.41, 5.74) is 1.23. The summed E-state index contributed by atoms with van der Waals surface area (Å²) in [6.07, 6.45) is 0. The molecule has 2 aromatic carbocycles. The number of amides is 1. The first kappa shape index (κ1) is 22.8. The topological polar surface area (TPSA) is 84.9 Å². The van der Waals surface area contributed by atoms with Crippen molar-refractivity contribution in [3.05, 3.63) is 60.3 Å². The van der Waals surface area contributed by atoms with E-state index in [0.29, 0.717) is 40.9 Å². The summed E-state index contributed by atoms with van der Waals surface area (Å²) in [6, 6.07) is 8.69. The third-order valence-electron chi connectivity index (χ3n) is 4.15. The molecule has 1 heterocycles. The SMILES string of the molecule is COc1cccc(-c2scc(NC(=O)c3cc(Br)c(OC)c(Br)c3Br)c2C(=O)O)c1. The van der Waals surface area contributed by atoms with Crippen molar-refractivity contribution in [3.63, 3.8) is 0 Å². The highest BCUT2D eigenvalue weighted by molar-refractivity contribution is 9.13. The van der Waals surface area contributed by atoms with Gasteiger partial charge in [0.2, 0.25) is 0 Å². The maximum atomic E-state index is 12.9. The molecule has 10 heteroatoms. The number of ether oxygens (including phenoxy) is 2. The molecule has 30 heavy (non-hydrogen) atoms. The number of carbonyl (C=O) groups is 2. The molecule has 1 amide bonds. The lowest BCUT2D eigenvalue weighted by Crippen LogP contribution is -2.15. The summed E-state index contributed by atoms with van der Waals surface area (Å²) >= 11 is 11.4. The Morgan fingerprint density at radius 3 is 2.43 bits per heavy atom. The number of hydrogen-bond acceptors (Lipinski definition) is 5. The highest BCUT2D eigenvalue weighted by atomic mass is 79.9. The van der Waals surface area contributed by atoms with E-state index in [2.05, 4.69) is 53.1 Å². The van der Waals surface area contributed by atoms with E-state index in [1.165, 1.54) is 18.4 Å². The van der Waals surface area contributed by atoms with Gasteiger partial charge in [0.05, 0.1) is 39.3 Å². The number of hydrogen-bond donors (Lipinski definition) is 2. The van der Waals surface area contributed by atoms with Crippen LogP contribution in [0.2, 0.25) is 0 Å². The van der Waals surface area contributed by atoms with Crippen LogP contribution in [0.15, 0.2) is 49.1 Å². The number of thiophene rings is 1. The van der Waals surface area contributed by atoms with Crippen molar-refractivity contribution < 1.29 is 24.2 Å². The van der Waals surface area contributed by atoms with Crippen molar-refractivity contribution >= 4 is 76.7 Å². The lowest BCUT2D eigenvalue weighted by Gasteiger charge is -2.13. The Labute approximate surface area is 201 Å². The third-order valence-corrected chi connectivity index (χ3v) is 7.88. The molecule has 0 unspecified atom stereocenters. The molecule has 6 nitrogen and oxygen atoms in total. The van der Waals surface area contributed by atoms with Gasteiger partial charge in [0.1, 0.15) is 17.1 Å². The zero-order valence-corrected chi connectivity index (χ0v) is 21.2. The van der Waals surface area contributed by atoms with Crippen molar-refractivity contribution in [2.24, 2.45) is 0 Å². The molecule has 3 aromatic rings. The van der Waals surface area contributed by atoms with Crippen molar-refractivity contribution in [2.45, 2.75) is 0 Å². The Kier molecular flexibility index (Phi) is 7.22. The molecule has 0 fully saturated rings. The Morgan fingerprint density at radius 2 is 1.80 bits per heavy atom. The number of carboxylic acid groups (broad SMARTS) is 1. The number of anilines is 1. The van der Waals surface area contributed by atoms with Gasteiger partial charge in [0, 0.05) is 9.85 Å². The van der Waals surface area contributed by atoms with E-state index in [-0.39, 0.29) is 11.3 Å². The van der Waals surface area contributed by atoms with Gasteiger partial charge in [-0.15, -0.1) is 11.3 Å². The fourth-order valence-electron chi connectivity index (χ4n) is 2.76. The number of carbonyl (C=O) groups excluding carboxylic acids is 1. The second kappa shape index (κ2) is 9.51. The molecule has 2 N–H and O–H groups in total. The molecule has 0 aliphatic rings. The van der Waals surface area contributed by atoms with E-state index in [1.54, 1.807) is 42.8 Å². The lowest BCUT2D eigenvalue weighted by atomic mass is 10.1. The van der Waals surface area contributed by atoms with Gasteiger partial charge in [-0.05, 0) is 71.6 Å². The molecule has 156 valence electrons. The number of rotatable bonds is 6. The minimum absolute atomic E-state index is 0.0179. The molecular formula is C20H14Br3NO5S. The Bertz CT molecular complexity index is 1150. The average molecular weight is 620 g/mol. The Morgan fingerprint density at radius 1 is 1.07 bits per heavy atom. The van der Waals surface area contributed by atoms with Gasteiger partial charge in [-0.2, -0.15) is 0 Å². The van der Waals surface area contributed by atoms with Crippen LogP contribution in [0.25, 0.3) is 10.4 Å². The molecule has 0 saturated carbocycles. The van der Waals surface area contributed by atoms with Gasteiger partial charge in [-0.1, -0.05) is 12.1 Å². The van der Waals surface area contributed by atoms with Gasteiger partial charge in [0.25, 0.3) is 5.91 Å². The minimum atomic E-state index is -1.14. The van der Waals surface area contributed by atoms with Crippen LogP contribution in [0, 0.1) is 0 Å². The van der Waals surface area contributed by atoms with E-state index in [4.69, 9.17) is 9.47 Å². The van der Waals surface area contributed by atoms with Gasteiger partial charge < -0.3 is 19.9 Å². The Hall–Kier alpha value is -1.88. The average Bonchev–Trinajstić information content (AvgIpc) is 3.14. The lowest BCUT2D eigenvalue weighted by molar-refractivity contribution is 0.0699. The van der Waals surface area contributed by atoms with Crippen LogP contribution < -0.4 is 14.8 Å². The summed E-state index contributed by atoms with van der Waals surface area (Å²) in [7, 11) is 3.06. The molecule has 1 aromatic heterocycles. The highest BCUT2D eigenvalue weighted by Crippen LogP contribution is 2.42. The molecule has 0 aliphatic carbocycles. The Balaban J connectivity index is 2.01. The van der Waals surface area contributed by atoms with Gasteiger partial charge in [-0.25, -0.2) is 4.79 Å². The van der Waals surface area contributed by atoms with Crippen LogP contribution in [-0.2, 0) is 0 Å². The molecular weight excluding hydrogens is 606 g/mol. The first-order valence-electron chi connectivity index (χ1n) is 8.30. The van der Waals surface area contributed by atoms with Crippen LogP contribution in [0.5, 0.6) is 11.5 Å². The molecule has 0 atom stereocenters. The van der Waals surface area contributed by atoms with Gasteiger partial charge in [-0.3, -0.25) is 4.79 Å². The molecule has 0 bridgehead atoms. The fourth-order valence-corrected chi connectivity index (χ4v) is 5.67. The van der Waals surface area contributed by atoms with E-state index < -0.39 is 11.9 Å². The number of benzene rings is 2. The molecule has 3 rings (SSSR count). The smallest absolute Gasteiger partial charge is 0.339 e. The predicted molar refractivity (Wildman–Crippen MR) is 127 cm³/mol. The van der Waals surface area contributed by atoms with E-state index >= 15 is 0 Å². The summed E-state index contributed by atoms with van der Waals surface area (Å²) in [6.45, 7) is 0. The molecule has 0 aliphatic heterocycles. The number of aromatic carboxylic acids is 1. The predicted octanol–water partition coefficient (Wildman–Crippen LogP) is 6.67. The van der Waals surface area contributed by atoms with E-state index in [0.717, 1.165) is 0 Å².